The van der Waals surface area contributed by atoms with E-state index < -0.39 is 0 Å². The molecule has 0 spiro atoms. The van der Waals surface area contributed by atoms with Gasteiger partial charge in [0.05, 0.1) is 30.3 Å². The molecule has 29 heavy (non-hydrogen) atoms. The van der Waals surface area contributed by atoms with Crippen LogP contribution in [0.2, 0.25) is 0 Å². The smallest absolute Gasteiger partial charge is 0.252 e. The van der Waals surface area contributed by atoms with Gasteiger partial charge in [-0.3, -0.25) is 4.79 Å². The summed E-state index contributed by atoms with van der Waals surface area (Å²) in [5, 5.41) is 12.2. The maximum Gasteiger partial charge on any atom is 0.252 e. The number of fused-ring (bicyclic) bond motifs is 1. The molecule has 0 bridgehead atoms. The van der Waals surface area contributed by atoms with Crippen molar-refractivity contribution in [3.05, 3.63) is 39.6 Å². The Morgan fingerprint density at radius 2 is 2.10 bits per heavy atom. The predicted molar refractivity (Wildman–Crippen MR) is 124 cm³/mol. The number of carbonyl (C=O) groups excluding carboxylic acids is 1. The van der Waals surface area contributed by atoms with E-state index in [-0.39, 0.29) is 5.91 Å². The average Bonchev–Trinajstić information content (AvgIpc) is 3.14. The van der Waals surface area contributed by atoms with Crippen molar-refractivity contribution in [1.29, 1.82) is 0 Å². The van der Waals surface area contributed by atoms with Gasteiger partial charge < -0.3 is 15.4 Å². The Bertz CT molecular complexity index is 980. The van der Waals surface area contributed by atoms with Crippen molar-refractivity contribution in [2.24, 2.45) is 0 Å². The van der Waals surface area contributed by atoms with E-state index in [1.807, 2.05) is 37.4 Å². The van der Waals surface area contributed by atoms with E-state index in [0.717, 1.165) is 20.4 Å². The minimum absolute atomic E-state index is 0.0934. The molecule has 2 aromatic heterocycles. The van der Waals surface area contributed by atoms with E-state index in [4.69, 9.17) is 4.74 Å². The van der Waals surface area contributed by atoms with Crippen LogP contribution in [-0.4, -0.2) is 58.2 Å². The van der Waals surface area contributed by atoms with Crippen LogP contribution in [0.3, 0.4) is 0 Å². The second-order valence-corrected chi connectivity index (χ2v) is 7.96. The molecule has 0 saturated carbocycles. The summed E-state index contributed by atoms with van der Waals surface area (Å²) in [6.45, 7) is 4.88. The van der Waals surface area contributed by atoms with Crippen LogP contribution in [0.1, 0.15) is 17.3 Å². The molecular formula is C19H23IN6O2S. The fourth-order valence-corrected chi connectivity index (χ4v) is 3.72. The summed E-state index contributed by atoms with van der Waals surface area (Å²) in [4.78, 5) is 21.5. The molecule has 154 valence electrons. The topological polar surface area (TPSA) is 94.0 Å². The first-order chi connectivity index (χ1) is 14.1. The number of thioether (sulfide) groups is 1. The van der Waals surface area contributed by atoms with Gasteiger partial charge in [-0.15, -0.1) is 0 Å². The van der Waals surface area contributed by atoms with Crippen molar-refractivity contribution in [2.45, 2.75) is 18.6 Å². The zero-order chi connectivity index (χ0) is 20.6. The van der Waals surface area contributed by atoms with Crippen LogP contribution in [0.5, 0.6) is 0 Å². The molecule has 0 unspecified atom stereocenters. The van der Waals surface area contributed by atoms with Crippen LogP contribution in [0.15, 0.2) is 35.6 Å². The Labute approximate surface area is 187 Å². The molecule has 8 nitrogen and oxygen atoms in total. The lowest BCUT2D eigenvalue weighted by Crippen LogP contribution is -2.28. The summed E-state index contributed by atoms with van der Waals surface area (Å²) in [6.07, 6.45) is 3.69. The number of aromatic nitrogens is 4. The number of benzene rings is 1. The second-order valence-electron chi connectivity index (χ2n) is 6.02. The Morgan fingerprint density at radius 1 is 1.28 bits per heavy atom. The van der Waals surface area contributed by atoms with E-state index in [1.165, 1.54) is 11.8 Å². The van der Waals surface area contributed by atoms with Gasteiger partial charge in [-0.25, -0.2) is 14.6 Å². The quantitative estimate of drug-likeness (QED) is 0.182. The van der Waals surface area contributed by atoms with Crippen molar-refractivity contribution in [3.8, 4) is 0 Å². The molecule has 0 fully saturated rings. The third-order valence-corrected chi connectivity index (χ3v) is 5.62. The SMILES string of the molecule is CCOCCNc1nc(SC)nc2c1cnn2CCNC(=O)c1ccccc1I. The lowest BCUT2D eigenvalue weighted by atomic mass is 10.2. The maximum absolute atomic E-state index is 12.4. The Hall–Kier alpha value is -1.92. The normalized spacial score (nSPS) is 11.0. The van der Waals surface area contributed by atoms with Gasteiger partial charge in [0.25, 0.3) is 5.91 Å². The Kier molecular flexibility index (Phi) is 8.07. The fourth-order valence-electron chi connectivity index (χ4n) is 2.73. The summed E-state index contributed by atoms with van der Waals surface area (Å²) in [6, 6.07) is 7.51. The number of halogens is 1. The van der Waals surface area contributed by atoms with Crippen LogP contribution in [0, 0.1) is 3.57 Å². The first kappa shape index (κ1) is 21.8. The van der Waals surface area contributed by atoms with Crippen molar-refractivity contribution < 1.29 is 9.53 Å². The first-order valence-electron chi connectivity index (χ1n) is 9.26. The summed E-state index contributed by atoms with van der Waals surface area (Å²) in [5.74, 6) is 0.650. The average molecular weight is 526 g/mol. The minimum Gasteiger partial charge on any atom is -0.380 e. The van der Waals surface area contributed by atoms with Gasteiger partial charge in [0.2, 0.25) is 0 Å². The van der Waals surface area contributed by atoms with E-state index in [2.05, 4.69) is 48.3 Å². The number of hydrogen-bond donors (Lipinski definition) is 2. The lowest BCUT2D eigenvalue weighted by molar-refractivity contribution is 0.0951. The molecule has 0 aliphatic carbocycles. The highest BCUT2D eigenvalue weighted by Gasteiger charge is 2.13. The number of amides is 1. The number of carbonyl (C=O) groups is 1. The van der Waals surface area contributed by atoms with Crippen LogP contribution in [-0.2, 0) is 11.3 Å². The molecule has 10 heteroatoms. The highest BCUT2D eigenvalue weighted by molar-refractivity contribution is 14.1. The van der Waals surface area contributed by atoms with Gasteiger partial charge in [0.15, 0.2) is 10.8 Å². The molecule has 1 aromatic carbocycles. The number of nitrogens with zero attached hydrogens (tertiary/aromatic N) is 4. The molecule has 0 radical (unpaired) electrons. The van der Waals surface area contributed by atoms with E-state index in [1.54, 1.807) is 10.9 Å². The summed E-state index contributed by atoms with van der Waals surface area (Å²) in [7, 11) is 0. The van der Waals surface area contributed by atoms with Crippen molar-refractivity contribution in [3.63, 3.8) is 0 Å². The van der Waals surface area contributed by atoms with E-state index in [9.17, 15) is 4.79 Å². The lowest BCUT2D eigenvalue weighted by Gasteiger charge is -2.10. The molecule has 3 rings (SSSR count). The van der Waals surface area contributed by atoms with Gasteiger partial charge in [0, 0.05) is 23.3 Å². The highest BCUT2D eigenvalue weighted by atomic mass is 127. The number of hydrogen-bond acceptors (Lipinski definition) is 7. The maximum atomic E-state index is 12.4. The van der Waals surface area contributed by atoms with E-state index in [0.29, 0.717) is 43.6 Å². The fraction of sp³-hybridized carbons (Fsp3) is 0.368. The third-order valence-electron chi connectivity index (χ3n) is 4.13. The van der Waals surface area contributed by atoms with Crippen LogP contribution >= 0.6 is 34.4 Å². The predicted octanol–water partition coefficient (Wildman–Crippen LogP) is 3.03. The second kappa shape index (κ2) is 10.7. The standard InChI is InChI=1S/C19H23IN6O2S/c1-3-28-11-9-21-16-14-12-23-26(17(14)25-19(24-16)29-2)10-8-22-18(27)13-6-4-5-7-15(13)20/h4-7,12H,3,8-11H2,1-2H3,(H,22,27)(H,21,24,25). The number of ether oxygens (including phenoxy) is 1. The number of nitrogens with one attached hydrogen (secondary N) is 2. The van der Waals surface area contributed by atoms with Crippen molar-refractivity contribution in [1.82, 2.24) is 25.1 Å². The monoisotopic (exact) mass is 526 g/mol. The van der Waals surface area contributed by atoms with Crippen molar-refractivity contribution >= 4 is 57.1 Å². The van der Waals surface area contributed by atoms with Crippen molar-refractivity contribution in [2.75, 3.05) is 37.9 Å². The summed E-state index contributed by atoms with van der Waals surface area (Å²) < 4.78 is 8.09. The molecule has 3 aromatic rings. The molecule has 1 amide bonds. The molecule has 2 N–H and O–H groups in total. The summed E-state index contributed by atoms with van der Waals surface area (Å²) >= 11 is 3.64. The van der Waals surface area contributed by atoms with Gasteiger partial charge in [0.1, 0.15) is 5.82 Å². The molecule has 2 heterocycles. The van der Waals surface area contributed by atoms with Gasteiger partial charge in [-0.05, 0) is 47.9 Å². The Morgan fingerprint density at radius 3 is 2.86 bits per heavy atom. The molecule has 0 atom stereocenters. The van der Waals surface area contributed by atoms with Crippen LogP contribution in [0.25, 0.3) is 11.0 Å². The molecule has 0 aliphatic rings. The van der Waals surface area contributed by atoms with Gasteiger partial charge >= 0.3 is 0 Å². The van der Waals surface area contributed by atoms with Crippen LogP contribution in [0.4, 0.5) is 5.82 Å². The minimum atomic E-state index is -0.0934. The number of rotatable bonds is 10. The molecule has 0 saturated heterocycles. The third kappa shape index (κ3) is 5.58. The van der Waals surface area contributed by atoms with E-state index >= 15 is 0 Å². The largest absolute Gasteiger partial charge is 0.380 e. The highest BCUT2D eigenvalue weighted by Crippen LogP contribution is 2.23. The summed E-state index contributed by atoms with van der Waals surface area (Å²) in [5.41, 5.74) is 1.41. The molecule has 0 aliphatic heterocycles. The Balaban J connectivity index is 1.69. The zero-order valence-corrected chi connectivity index (χ0v) is 19.3. The first-order valence-corrected chi connectivity index (χ1v) is 11.6. The van der Waals surface area contributed by atoms with Gasteiger partial charge in [-0.1, -0.05) is 23.9 Å². The zero-order valence-electron chi connectivity index (χ0n) is 16.3. The van der Waals surface area contributed by atoms with Gasteiger partial charge in [-0.2, -0.15) is 5.10 Å². The van der Waals surface area contributed by atoms with Crippen LogP contribution < -0.4 is 10.6 Å². The molecular weight excluding hydrogens is 503 g/mol. The number of anilines is 1.